The van der Waals surface area contributed by atoms with Crippen molar-refractivity contribution in [1.82, 2.24) is 15.5 Å². The summed E-state index contributed by atoms with van der Waals surface area (Å²) in [5.41, 5.74) is 0.437. The first-order valence-electron chi connectivity index (χ1n) is 4.64. The van der Waals surface area contributed by atoms with Gasteiger partial charge in [-0.2, -0.15) is 5.10 Å². The fourth-order valence-electron chi connectivity index (χ4n) is 1.34. The maximum absolute atomic E-state index is 9.77. The van der Waals surface area contributed by atoms with E-state index < -0.39 is 5.60 Å². The van der Waals surface area contributed by atoms with Crippen molar-refractivity contribution >= 4 is 5.82 Å². The SMILES string of the molecule is Cc1cnnc(NCC2(O)CNC2)c1. The molecule has 2 rings (SSSR count). The van der Waals surface area contributed by atoms with Gasteiger partial charge in [-0.3, -0.25) is 0 Å². The molecule has 1 aliphatic heterocycles. The summed E-state index contributed by atoms with van der Waals surface area (Å²) in [5, 5.41) is 23.6. The highest BCUT2D eigenvalue weighted by Crippen LogP contribution is 2.11. The van der Waals surface area contributed by atoms with Gasteiger partial charge in [0.2, 0.25) is 0 Å². The summed E-state index contributed by atoms with van der Waals surface area (Å²) in [4.78, 5) is 0. The Bertz CT molecular complexity index is 324. The number of aryl methyl sites for hydroxylation is 1. The minimum absolute atomic E-state index is 0.512. The molecular weight excluding hydrogens is 180 g/mol. The highest BCUT2D eigenvalue weighted by molar-refractivity contribution is 5.35. The Morgan fingerprint density at radius 2 is 2.43 bits per heavy atom. The number of anilines is 1. The van der Waals surface area contributed by atoms with Crippen molar-refractivity contribution in [1.29, 1.82) is 0 Å². The van der Waals surface area contributed by atoms with E-state index in [0.29, 0.717) is 25.5 Å². The molecule has 1 aromatic heterocycles. The molecule has 0 aromatic carbocycles. The van der Waals surface area contributed by atoms with Crippen LogP contribution in [0.15, 0.2) is 12.3 Å². The van der Waals surface area contributed by atoms with E-state index in [4.69, 9.17) is 0 Å². The summed E-state index contributed by atoms with van der Waals surface area (Å²) >= 11 is 0. The molecule has 1 fully saturated rings. The Labute approximate surface area is 82.6 Å². The van der Waals surface area contributed by atoms with Crippen LogP contribution < -0.4 is 10.6 Å². The van der Waals surface area contributed by atoms with Crippen LogP contribution in [0.4, 0.5) is 5.82 Å². The molecule has 0 bridgehead atoms. The van der Waals surface area contributed by atoms with Gasteiger partial charge in [0.1, 0.15) is 11.4 Å². The molecule has 3 N–H and O–H groups in total. The lowest BCUT2D eigenvalue weighted by atomic mass is 9.97. The first kappa shape index (κ1) is 9.36. The fraction of sp³-hybridized carbons (Fsp3) is 0.556. The quantitative estimate of drug-likeness (QED) is 0.607. The Hall–Kier alpha value is -1.20. The van der Waals surface area contributed by atoms with Crippen molar-refractivity contribution in [3.63, 3.8) is 0 Å². The van der Waals surface area contributed by atoms with Crippen molar-refractivity contribution in [3.8, 4) is 0 Å². The van der Waals surface area contributed by atoms with Crippen LogP contribution in [0.25, 0.3) is 0 Å². The molecule has 0 amide bonds. The van der Waals surface area contributed by atoms with Crippen molar-refractivity contribution in [2.75, 3.05) is 25.0 Å². The first-order valence-corrected chi connectivity index (χ1v) is 4.64. The molecular formula is C9H14N4O. The zero-order valence-electron chi connectivity index (χ0n) is 8.12. The van der Waals surface area contributed by atoms with Crippen molar-refractivity contribution < 1.29 is 5.11 Å². The highest BCUT2D eigenvalue weighted by atomic mass is 16.3. The van der Waals surface area contributed by atoms with Gasteiger partial charge in [0, 0.05) is 19.6 Å². The maximum atomic E-state index is 9.77. The van der Waals surface area contributed by atoms with Gasteiger partial charge in [0.15, 0.2) is 0 Å². The lowest BCUT2D eigenvalue weighted by Gasteiger charge is -2.37. The maximum Gasteiger partial charge on any atom is 0.149 e. The molecule has 0 unspecified atom stereocenters. The molecule has 0 spiro atoms. The normalized spacial score (nSPS) is 18.7. The second kappa shape index (κ2) is 3.51. The number of hydrogen-bond donors (Lipinski definition) is 3. The van der Waals surface area contributed by atoms with Crippen LogP contribution in [0.2, 0.25) is 0 Å². The summed E-state index contributed by atoms with van der Waals surface area (Å²) in [6, 6.07) is 1.91. The number of nitrogens with one attached hydrogen (secondary N) is 2. The van der Waals surface area contributed by atoms with E-state index in [9.17, 15) is 5.11 Å². The first-order chi connectivity index (χ1) is 6.68. The number of hydrogen-bond acceptors (Lipinski definition) is 5. The zero-order valence-corrected chi connectivity index (χ0v) is 8.12. The predicted molar refractivity (Wildman–Crippen MR) is 53.1 cm³/mol. The second-order valence-corrected chi connectivity index (χ2v) is 3.80. The molecule has 0 radical (unpaired) electrons. The molecule has 5 heteroatoms. The third kappa shape index (κ3) is 2.00. The number of rotatable bonds is 3. The number of β-amino-alcohol motifs (C(OH)–C–C–N with tert-alkyl or cyclic N) is 1. The summed E-state index contributed by atoms with van der Waals surface area (Å²) in [6.07, 6.45) is 1.70. The van der Waals surface area contributed by atoms with E-state index in [1.165, 1.54) is 0 Å². The van der Waals surface area contributed by atoms with Crippen LogP contribution in [0, 0.1) is 6.92 Å². The molecule has 14 heavy (non-hydrogen) atoms. The second-order valence-electron chi connectivity index (χ2n) is 3.80. The third-order valence-electron chi connectivity index (χ3n) is 2.30. The Morgan fingerprint density at radius 1 is 1.64 bits per heavy atom. The molecule has 0 saturated carbocycles. The van der Waals surface area contributed by atoms with Crippen LogP contribution in [-0.2, 0) is 0 Å². The van der Waals surface area contributed by atoms with E-state index in [-0.39, 0.29) is 0 Å². The average Bonchev–Trinajstić information content (AvgIpc) is 2.12. The van der Waals surface area contributed by atoms with E-state index >= 15 is 0 Å². The average molecular weight is 194 g/mol. The summed E-state index contributed by atoms with van der Waals surface area (Å²) in [5.74, 6) is 0.713. The van der Waals surface area contributed by atoms with E-state index in [1.807, 2.05) is 13.0 Å². The van der Waals surface area contributed by atoms with Crippen molar-refractivity contribution in [2.24, 2.45) is 0 Å². The number of nitrogens with zero attached hydrogens (tertiary/aromatic N) is 2. The topological polar surface area (TPSA) is 70.1 Å². The minimum Gasteiger partial charge on any atom is -0.385 e. The van der Waals surface area contributed by atoms with Crippen LogP contribution in [0.3, 0.4) is 0 Å². The molecule has 1 aromatic rings. The van der Waals surface area contributed by atoms with Gasteiger partial charge in [0.25, 0.3) is 0 Å². The van der Waals surface area contributed by atoms with Gasteiger partial charge in [-0.15, -0.1) is 5.10 Å². The molecule has 1 aliphatic rings. The van der Waals surface area contributed by atoms with Gasteiger partial charge < -0.3 is 15.7 Å². The smallest absolute Gasteiger partial charge is 0.149 e. The third-order valence-corrected chi connectivity index (χ3v) is 2.30. The lowest BCUT2D eigenvalue weighted by Crippen LogP contribution is -2.63. The summed E-state index contributed by atoms with van der Waals surface area (Å²) in [7, 11) is 0. The van der Waals surface area contributed by atoms with Gasteiger partial charge >= 0.3 is 0 Å². The van der Waals surface area contributed by atoms with Crippen LogP contribution in [0.1, 0.15) is 5.56 Å². The largest absolute Gasteiger partial charge is 0.385 e. The van der Waals surface area contributed by atoms with Crippen molar-refractivity contribution in [2.45, 2.75) is 12.5 Å². The highest BCUT2D eigenvalue weighted by Gasteiger charge is 2.33. The number of aromatic nitrogens is 2. The summed E-state index contributed by atoms with van der Waals surface area (Å²) in [6.45, 7) is 3.75. The molecule has 0 aliphatic carbocycles. The monoisotopic (exact) mass is 194 g/mol. The fourth-order valence-corrected chi connectivity index (χ4v) is 1.34. The standard InChI is InChI=1S/C9H14N4O/c1-7-2-8(13-12-3-7)11-6-9(14)4-10-5-9/h2-3,10,14H,4-6H2,1H3,(H,11,13). The summed E-state index contributed by atoms with van der Waals surface area (Å²) < 4.78 is 0. The van der Waals surface area contributed by atoms with Gasteiger partial charge in [-0.05, 0) is 18.6 Å². The van der Waals surface area contributed by atoms with Crippen LogP contribution >= 0.6 is 0 Å². The molecule has 2 heterocycles. The lowest BCUT2D eigenvalue weighted by molar-refractivity contribution is 0.00305. The molecule has 0 atom stereocenters. The molecule has 1 saturated heterocycles. The Morgan fingerprint density at radius 3 is 3.00 bits per heavy atom. The van der Waals surface area contributed by atoms with E-state index in [2.05, 4.69) is 20.8 Å². The van der Waals surface area contributed by atoms with Gasteiger partial charge in [-0.25, -0.2) is 0 Å². The predicted octanol–water partition coefficient (Wildman–Crippen LogP) is -0.469. The van der Waals surface area contributed by atoms with Crippen molar-refractivity contribution in [3.05, 3.63) is 17.8 Å². The molecule has 5 nitrogen and oxygen atoms in total. The Balaban J connectivity index is 1.91. The minimum atomic E-state index is -0.620. The van der Waals surface area contributed by atoms with E-state index in [1.54, 1.807) is 6.20 Å². The zero-order chi connectivity index (χ0) is 10.0. The number of aliphatic hydroxyl groups is 1. The van der Waals surface area contributed by atoms with Gasteiger partial charge in [-0.1, -0.05) is 0 Å². The van der Waals surface area contributed by atoms with Crippen LogP contribution in [-0.4, -0.2) is 40.5 Å². The Kier molecular flexibility index (Phi) is 2.35. The van der Waals surface area contributed by atoms with Gasteiger partial charge in [0.05, 0.1) is 6.20 Å². The van der Waals surface area contributed by atoms with E-state index in [0.717, 1.165) is 5.56 Å². The molecule has 76 valence electrons. The van der Waals surface area contributed by atoms with Crippen LogP contribution in [0.5, 0.6) is 0 Å².